The topological polar surface area (TPSA) is 57.9 Å². The largest absolute Gasteiger partial charge is 0.339 e. The van der Waals surface area contributed by atoms with Crippen molar-refractivity contribution >= 4 is 17.3 Å². The first-order chi connectivity index (χ1) is 15.1. The van der Waals surface area contributed by atoms with Gasteiger partial charge in [0.1, 0.15) is 0 Å². The zero-order chi connectivity index (χ0) is 21.4. The molecule has 1 aromatic carbocycles. The molecular formula is C25H28N4O2. The average Bonchev–Trinajstić information content (AvgIpc) is 3.49. The fourth-order valence-electron chi connectivity index (χ4n) is 4.80. The van der Waals surface area contributed by atoms with Crippen LogP contribution >= 0.6 is 0 Å². The Labute approximate surface area is 182 Å². The van der Waals surface area contributed by atoms with Crippen LogP contribution in [-0.4, -0.2) is 57.4 Å². The van der Waals surface area contributed by atoms with Crippen molar-refractivity contribution in [2.45, 2.75) is 38.5 Å². The van der Waals surface area contributed by atoms with E-state index in [1.165, 1.54) is 5.56 Å². The quantitative estimate of drug-likeness (QED) is 0.651. The maximum Gasteiger partial charge on any atom is 0.257 e. The van der Waals surface area contributed by atoms with Gasteiger partial charge in [0, 0.05) is 37.9 Å². The van der Waals surface area contributed by atoms with E-state index in [2.05, 4.69) is 17.2 Å². The Hall–Kier alpha value is -3.15. The van der Waals surface area contributed by atoms with E-state index in [9.17, 15) is 9.59 Å². The van der Waals surface area contributed by atoms with Crippen LogP contribution in [0.2, 0.25) is 0 Å². The number of nitrogens with zero attached hydrogens (tertiary/aromatic N) is 4. The van der Waals surface area contributed by atoms with Crippen molar-refractivity contribution in [3.05, 3.63) is 71.0 Å². The fraction of sp³-hybridized carbons (Fsp3) is 0.400. The van der Waals surface area contributed by atoms with Gasteiger partial charge in [0.2, 0.25) is 0 Å². The maximum absolute atomic E-state index is 12.9. The Kier molecular flexibility index (Phi) is 5.22. The summed E-state index contributed by atoms with van der Waals surface area (Å²) in [6.07, 6.45) is 7.67. The summed E-state index contributed by atoms with van der Waals surface area (Å²) in [7, 11) is 0. The summed E-state index contributed by atoms with van der Waals surface area (Å²) in [6.45, 7) is 5.21. The molecule has 5 rings (SSSR count). The molecule has 2 aliphatic rings. The van der Waals surface area contributed by atoms with E-state index in [1.807, 2.05) is 47.2 Å². The van der Waals surface area contributed by atoms with E-state index >= 15 is 0 Å². The van der Waals surface area contributed by atoms with Gasteiger partial charge in [0.25, 0.3) is 11.8 Å². The number of amides is 2. The smallest absolute Gasteiger partial charge is 0.257 e. The van der Waals surface area contributed by atoms with Gasteiger partial charge < -0.3 is 9.80 Å². The molecule has 2 aliphatic heterocycles. The van der Waals surface area contributed by atoms with Crippen LogP contribution in [-0.2, 0) is 0 Å². The Morgan fingerprint density at radius 1 is 0.903 bits per heavy atom. The number of hydrogen-bond donors (Lipinski definition) is 0. The third kappa shape index (κ3) is 3.82. The van der Waals surface area contributed by atoms with Crippen molar-refractivity contribution < 1.29 is 9.59 Å². The van der Waals surface area contributed by atoms with Gasteiger partial charge in [-0.2, -0.15) is 5.10 Å². The lowest BCUT2D eigenvalue weighted by atomic mass is 9.89. The Balaban J connectivity index is 1.30. The summed E-state index contributed by atoms with van der Waals surface area (Å²) in [6, 6.07) is 12.0. The molecule has 2 fully saturated rings. The predicted molar refractivity (Wildman–Crippen MR) is 119 cm³/mol. The van der Waals surface area contributed by atoms with Gasteiger partial charge in [-0.15, -0.1) is 0 Å². The second-order valence-corrected chi connectivity index (χ2v) is 8.78. The van der Waals surface area contributed by atoms with Crippen LogP contribution in [0, 0.1) is 6.92 Å². The van der Waals surface area contributed by atoms with Gasteiger partial charge in [-0.1, -0.05) is 17.7 Å². The zero-order valence-electron chi connectivity index (χ0n) is 18.0. The lowest BCUT2D eigenvalue weighted by Crippen LogP contribution is -2.37. The Bertz CT molecular complexity index is 1100. The molecule has 0 spiro atoms. The fourth-order valence-corrected chi connectivity index (χ4v) is 4.80. The molecule has 2 saturated heterocycles. The minimum absolute atomic E-state index is 0.0863. The van der Waals surface area contributed by atoms with Crippen molar-refractivity contribution in [3.8, 4) is 0 Å². The molecule has 0 N–H and O–H groups in total. The molecule has 160 valence electrons. The van der Waals surface area contributed by atoms with Crippen molar-refractivity contribution in [1.82, 2.24) is 19.4 Å². The van der Waals surface area contributed by atoms with Crippen molar-refractivity contribution in [2.75, 3.05) is 26.2 Å². The van der Waals surface area contributed by atoms with E-state index in [4.69, 9.17) is 0 Å². The summed E-state index contributed by atoms with van der Waals surface area (Å²) < 4.78 is 1.79. The SMILES string of the molecule is Cc1ccc(C(=O)N2CCC(c3ccn4ncc(C(=O)N5CCCC5)c4c3)CC2)cc1. The first-order valence-corrected chi connectivity index (χ1v) is 11.2. The highest BCUT2D eigenvalue weighted by Crippen LogP contribution is 2.30. The van der Waals surface area contributed by atoms with E-state index in [-0.39, 0.29) is 11.8 Å². The number of pyridine rings is 1. The number of fused-ring (bicyclic) bond motifs is 1. The highest BCUT2D eigenvalue weighted by atomic mass is 16.2. The second-order valence-electron chi connectivity index (χ2n) is 8.78. The zero-order valence-corrected chi connectivity index (χ0v) is 18.0. The highest BCUT2D eigenvalue weighted by molar-refractivity contribution is 6.00. The molecule has 6 nitrogen and oxygen atoms in total. The number of benzene rings is 1. The molecule has 0 unspecified atom stereocenters. The minimum atomic E-state index is 0.0863. The lowest BCUT2D eigenvalue weighted by Gasteiger charge is -2.32. The third-order valence-corrected chi connectivity index (χ3v) is 6.72. The number of piperidine rings is 1. The highest BCUT2D eigenvalue weighted by Gasteiger charge is 2.26. The van der Waals surface area contributed by atoms with Gasteiger partial charge in [-0.25, -0.2) is 4.52 Å². The molecule has 3 aromatic rings. The van der Waals surface area contributed by atoms with E-state index in [0.29, 0.717) is 11.5 Å². The number of likely N-dealkylation sites (tertiary alicyclic amines) is 2. The van der Waals surface area contributed by atoms with Gasteiger partial charge in [0.15, 0.2) is 0 Å². The Morgan fingerprint density at radius 2 is 1.58 bits per heavy atom. The van der Waals surface area contributed by atoms with Crippen molar-refractivity contribution in [3.63, 3.8) is 0 Å². The molecule has 0 bridgehead atoms. The molecule has 4 heterocycles. The average molecular weight is 417 g/mol. The number of hydrogen-bond acceptors (Lipinski definition) is 3. The third-order valence-electron chi connectivity index (χ3n) is 6.72. The number of rotatable bonds is 3. The number of carbonyl (C=O) groups is 2. The molecule has 6 heteroatoms. The van der Waals surface area contributed by atoms with Gasteiger partial charge in [-0.3, -0.25) is 9.59 Å². The summed E-state index contributed by atoms with van der Waals surface area (Å²) in [4.78, 5) is 29.6. The van der Waals surface area contributed by atoms with Crippen molar-refractivity contribution in [2.24, 2.45) is 0 Å². The van der Waals surface area contributed by atoms with Crippen LogP contribution in [0.1, 0.15) is 63.4 Å². The summed E-state index contributed by atoms with van der Waals surface area (Å²) >= 11 is 0. The number of aromatic nitrogens is 2. The van der Waals surface area contributed by atoms with Gasteiger partial charge in [-0.05, 0) is 68.4 Å². The van der Waals surface area contributed by atoms with Crippen LogP contribution in [0.4, 0.5) is 0 Å². The lowest BCUT2D eigenvalue weighted by molar-refractivity contribution is 0.0712. The standard InChI is InChI=1S/C25H28N4O2/c1-18-4-6-20(7-5-18)24(30)28-13-8-19(9-14-28)21-10-15-29-23(16-21)22(17-26-29)25(31)27-11-2-3-12-27/h4-7,10,15-17,19H,2-3,8-9,11-14H2,1H3. The minimum Gasteiger partial charge on any atom is -0.339 e. The predicted octanol–water partition coefficient (Wildman–Crippen LogP) is 3.90. The number of carbonyl (C=O) groups excluding carboxylic acids is 2. The number of aryl methyl sites for hydroxylation is 1. The summed E-state index contributed by atoms with van der Waals surface area (Å²) in [5.41, 5.74) is 4.72. The monoisotopic (exact) mass is 416 g/mol. The van der Waals surface area contributed by atoms with E-state index in [1.54, 1.807) is 10.7 Å². The van der Waals surface area contributed by atoms with Crippen LogP contribution < -0.4 is 0 Å². The molecule has 2 aromatic heterocycles. The first kappa shape index (κ1) is 19.8. The van der Waals surface area contributed by atoms with E-state index in [0.717, 1.165) is 68.5 Å². The molecule has 0 radical (unpaired) electrons. The summed E-state index contributed by atoms with van der Waals surface area (Å²) in [5, 5.41) is 4.39. The second kappa shape index (κ2) is 8.17. The van der Waals surface area contributed by atoms with Crippen LogP contribution in [0.3, 0.4) is 0 Å². The molecule has 0 saturated carbocycles. The maximum atomic E-state index is 12.9. The van der Waals surface area contributed by atoms with Crippen molar-refractivity contribution in [1.29, 1.82) is 0 Å². The van der Waals surface area contributed by atoms with Gasteiger partial charge >= 0.3 is 0 Å². The first-order valence-electron chi connectivity index (χ1n) is 11.2. The molecule has 31 heavy (non-hydrogen) atoms. The molecule has 0 aliphatic carbocycles. The molecule has 2 amide bonds. The summed E-state index contributed by atoms with van der Waals surface area (Å²) in [5.74, 6) is 0.586. The Morgan fingerprint density at radius 3 is 2.29 bits per heavy atom. The van der Waals surface area contributed by atoms with Crippen LogP contribution in [0.25, 0.3) is 5.52 Å². The van der Waals surface area contributed by atoms with Crippen LogP contribution in [0.5, 0.6) is 0 Å². The van der Waals surface area contributed by atoms with Crippen LogP contribution in [0.15, 0.2) is 48.8 Å². The van der Waals surface area contributed by atoms with E-state index < -0.39 is 0 Å². The van der Waals surface area contributed by atoms with Gasteiger partial charge in [0.05, 0.1) is 17.3 Å². The normalized spacial score (nSPS) is 17.5. The molecule has 0 atom stereocenters. The molecular weight excluding hydrogens is 388 g/mol.